The largest absolute Gasteiger partial charge is 0.454 e. The summed E-state index contributed by atoms with van der Waals surface area (Å²) in [6.07, 6.45) is 75.5. The van der Waals surface area contributed by atoms with Crippen molar-refractivity contribution in [3.05, 3.63) is 60.8 Å². The van der Waals surface area contributed by atoms with Gasteiger partial charge in [0.1, 0.15) is 24.4 Å². The zero-order valence-corrected chi connectivity index (χ0v) is 58.8. The van der Waals surface area contributed by atoms with Gasteiger partial charge in [-0.25, -0.2) is 0 Å². The predicted octanol–water partition coefficient (Wildman–Crippen LogP) is 20.5. The molecule has 0 aromatic heterocycles. The molecule has 8 unspecified atom stereocenters. The van der Waals surface area contributed by atoms with Gasteiger partial charge in [-0.3, -0.25) is 9.59 Å². The molecule has 0 aromatic rings. The normalized spacial score (nSPS) is 18.3. The van der Waals surface area contributed by atoms with E-state index in [4.69, 9.17) is 14.2 Å². The van der Waals surface area contributed by atoms with E-state index >= 15 is 0 Å². The van der Waals surface area contributed by atoms with Crippen molar-refractivity contribution < 1.29 is 49.3 Å². The highest BCUT2D eigenvalue weighted by Crippen LogP contribution is 2.27. The molecule has 0 aromatic carbocycles. The fourth-order valence-corrected chi connectivity index (χ4v) is 12.1. The van der Waals surface area contributed by atoms with Crippen LogP contribution in [0.4, 0.5) is 0 Å². The van der Waals surface area contributed by atoms with E-state index in [0.29, 0.717) is 12.8 Å². The Hall–Kier alpha value is -2.64. The number of carbonyl (C=O) groups excluding carboxylic acids is 2. The Labute approximate surface area is 554 Å². The van der Waals surface area contributed by atoms with Crippen LogP contribution in [0.3, 0.4) is 0 Å². The lowest BCUT2D eigenvalue weighted by Crippen LogP contribution is -2.61. The molecule has 1 aliphatic rings. The molecule has 526 valence electrons. The van der Waals surface area contributed by atoms with Gasteiger partial charge in [0.15, 0.2) is 12.4 Å². The molecule has 1 saturated heterocycles. The van der Waals surface area contributed by atoms with Crippen LogP contribution in [0.2, 0.25) is 0 Å². The molecule has 1 aliphatic heterocycles. The van der Waals surface area contributed by atoms with Crippen LogP contribution in [0.25, 0.3) is 0 Å². The summed E-state index contributed by atoms with van der Waals surface area (Å²) in [6.45, 7) is 5.82. The van der Waals surface area contributed by atoms with E-state index in [0.717, 1.165) is 83.5 Å². The molecule has 1 heterocycles. The van der Waals surface area contributed by atoms with Crippen LogP contribution in [0.1, 0.15) is 367 Å². The molecule has 1 rings (SSSR count). The van der Waals surface area contributed by atoms with Crippen LogP contribution in [0.5, 0.6) is 0 Å². The molecule has 90 heavy (non-hydrogen) atoms. The van der Waals surface area contributed by atoms with E-state index in [1.165, 1.54) is 238 Å². The first-order chi connectivity index (χ1) is 44.2. The number of nitrogens with one attached hydrogen (secondary N) is 1. The smallest absolute Gasteiger partial charge is 0.306 e. The van der Waals surface area contributed by atoms with Crippen molar-refractivity contribution >= 4 is 11.9 Å². The second kappa shape index (κ2) is 66.4. The summed E-state index contributed by atoms with van der Waals surface area (Å²) in [5.41, 5.74) is 0. The maximum absolute atomic E-state index is 13.5. The summed E-state index contributed by atoms with van der Waals surface area (Å²) >= 11 is 0. The molecular weight excluding hydrogens is 1120 g/mol. The lowest BCUT2D eigenvalue weighted by Gasteiger charge is -2.41. The second-order valence-electron chi connectivity index (χ2n) is 26.7. The van der Waals surface area contributed by atoms with Crippen molar-refractivity contribution in [2.45, 2.75) is 416 Å². The van der Waals surface area contributed by atoms with Crippen LogP contribution in [-0.4, -0.2) is 99.6 Å². The average molecular weight is 1270 g/mol. The Morgan fingerprint density at radius 3 is 1.17 bits per heavy atom. The Bertz CT molecular complexity index is 1700. The number of rotatable bonds is 67. The van der Waals surface area contributed by atoms with Crippen molar-refractivity contribution in [3.63, 3.8) is 0 Å². The molecular formula is C79H145NO10. The summed E-state index contributed by atoms with van der Waals surface area (Å²) in [5.74, 6) is -1.19. The number of carbonyl (C=O) groups is 2. The van der Waals surface area contributed by atoms with Gasteiger partial charge < -0.3 is 45.1 Å². The van der Waals surface area contributed by atoms with Gasteiger partial charge in [-0.15, -0.1) is 0 Å². The number of hydrogen-bond acceptors (Lipinski definition) is 10. The van der Waals surface area contributed by atoms with E-state index in [9.17, 15) is 35.1 Å². The summed E-state index contributed by atoms with van der Waals surface area (Å²) in [4.78, 5) is 26.7. The highest BCUT2D eigenvalue weighted by molar-refractivity contribution is 5.80. The number of unbranched alkanes of at least 4 members (excludes halogenated alkanes) is 45. The first kappa shape index (κ1) is 85.4. The third-order valence-corrected chi connectivity index (χ3v) is 18.2. The van der Waals surface area contributed by atoms with E-state index in [-0.39, 0.29) is 19.4 Å². The molecule has 11 nitrogen and oxygen atoms in total. The molecule has 1 fully saturated rings. The summed E-state index contributed by atoms with van der Waals surface area (Å²) in [5, 5.41) is 57.4. The number of aliphatic hydroxyl groups is 5. The highest BCUT2D eigenvalue weighted by atomic mass is 16.7. The van der Waals surface area contributed by atoms with Gasteiger partial charge in [-0.1, -0.05) is 351 Å². The average Bonchev–Trinajstić information content (AvgIpc) is 2.18. The minimum atomic E-state index is -1.61. The van der Waals surface area contributed by atoms with Crippen LogP contribution in [-0.2, 0) is 23.8 Å². The third kappa shape index (κ3) is 52.7. The van der Waals surface area contributed by atoms with E-state index in [2.05, 4.69) is 74.7 Å². The van der Waals surface area contributed by atoms with Gasteiger partial charge in [-0.05, 0) is 70.6 Å². The van der Waals surface area contributed by atoms with Gasteiger partial charge in [0, 0.05) is 6.42 Å². The Morgan fingerprint density at radius 1 is 0.433 bits per heavy atom. The first-order valence-electron chi connectivity index (χ1n) is 38.6. The topological polar surface area (TPSA) is 175 Å². The zero-order valence-electron chi connectivity index (χ0n) is 58.8. The lowest BCUT2D eigenvalue weighted by molar-refractivity contribution is -0.305. The summed E-state index contributed by atoms with van der Waals surface area (Å²) in [6, 6.07) is -1.03. The SMILES string of the molecule is CCCCC/C=C\C/C=C\C/C=C\C/C=C\CCCCCCCCCCC(O)C(=O)NC(COC1OC(CO)C(O)C(O)C1OC(=O)CCCCCCCCCCCCCCCCCCCCCCCCCCC)C(O)/C=C/CCCCCCCCCCCC. The van der Waals surface area contributed by atoms with Gasteiger partial charge in [0.05, 0.1) is 25.4 Å². The molecule has 8 atom stereocenters. The van der Waals surface area contributed by atoms with Gasteiger partial charge in [-0.2, -0.15) is 0 Å². The maximum Gasteiger partial charge on any atom is 0.306 e. The molecule has 1 amide bonds. The Balaban J connectivity index is 2.52. The zero-order chi connectivity index (χ0) is 65.3. The summed E-state index contributed by atoms with van der Waals surface area (Å²) < 4.78 is 17.7. The Kier molecular flexibility index (Phi) is 63.0. The quantitative estimate of drug-likeness (QED) is 0.0195. The van der Waals surface area contributed by atoms with Gasteiger partial charge in [0.25, 0.3) is 0 Å². The van der Waals surface area contributed by atoms with Crippen LogP contribution < -0.4 is 5.32 Å². The number of ether oxygens (including phenoxy) is 3. The number of esters is 1. The maximum atomic E-state index is 13.5. The molecule has 11 heteroatoms. The minimum Gasteiger partial charge on any atom is -0.454 e. The number of amides is 1. The van der Waals surface area contributed by atoms with Crippen molar-refractivity contribution in [2.75, 3.05) is 13.2 Å². The molecule has 0 radical (unpaired) electrons. The highest BCUT2D eigenvalue weighted by Gasteiger charge is 2.47. The van der Waals surface area contributed by atoms with Crippen molar-refractivity contribution in [1.29, 1.82) is 0 Å². The van der Waals surface area contributed by atoms with Crippen molar-refractivity contribution in [3.8, 4) is 0 Å². The van der Waals surface area contributed by atoms with Crippen molar-refractivity contribution in [2.24, 2.45) is 0 Å². The standard InChI is InChI=1S/C79H145NO10/c1-4-7-10-13-16-19-22-25-27-29-31-33-35-37-39-41-43-45-47-49-52-55-58-61-64-67-74(84)90-77-76(86)75(85)73(68-81)89-79(77)88-69-70(71(82)65-62-59-56-53-50-24-21-18-15-12-9-6-3)80-78(87)72(83)66-63-60-57-54-51-48-46-44-42-40-38-36-34-32-30-28-26-23-20-17-14-11-8-5-2/h17,20,26,28,32,34,38,40,62,65,70-73,75-77,79,81-83,85-86H,4-16,18-19,21-25,27,29-31,33,35-37,39,41-61,63-64,66-69H2,1-3H3,(H,80,87)/b20-17-,28-26-,34-32-,40-38-,65-62+. The first-order valence-corrected chi connectivity index (χ1v) is 38.6. The molecule has 0 aliphatic carbocycles. The minimum absolute atomic E-state index is 0.127. The van der Waals surface area contributed by atoms with E-state index < -0.39 is 67.4 Å². The lowest BCUT2D eigenvalue weighted by atomic mass is 9.99. The number of aliphatic hydroxyl groups excluding tert-OH is 5. The number of allylic oxidation sites excluding steroid dienone is 9. The predicted molar refractivity (Wildman–Crippen MR) is 380 cm³/mol. The molecule has 0 bridgehead atoms. The molecule has 0 spiro atoms. The second-order valence-corrected chi connectivity index (χ2v) is 26.7. The van der Waals surface area contributed by atoms with Gasteiger partial charge in [0.2, 0.25) is 5.91 Å². The van der Waals surface area contributed by atoms with Crippen molar-refractivity contribution in [1.82, 2.24) is 5.32 Å². The van der Waals surface area contributed by atoms with Crippen LogP contribution >= 0.6 is 0 Å². The fraction of sp³-hybridized carbons (Fsp3) is 0.848. The third-order valence-electron chi connectivity index (χ3n) is 18.2. The van der Waals surface area contributed by atoms with Crippen LogP contribution in [0, 0.1) is 0 Å². The fourth-order valence-electron chi connectivity index (χ4n) is 12.1. The summed E-state index contributed by atoms with van der Waals surface area (Å²) in [7, 11) is 0. The molecule has 6 N–H and O–H groups in total. The Morgan fingerprint density at radius 2 is 0.767 bits per heavy atom. The van der Waals surface area contributed by atoms with Gasteiger partial charge >= 0.3 is 5.97 Å². The van der Waals surface area contributed by atoms with Crippen LogP contribution in [0.15, 0.2) is 60.8 Å². The van der Waals surface area contributed by atoms with E-state index in [1.807, 2.05) is 6.08 Å². The monoisotopic (exact) mass is 1270 g/mol. The number of hydrogen-bond donors (Lipinski definition) is 6. The molecule has 0 saturated carbocycles. The van der Waals surface area contributed by atoms with E-state index in [1.54, 1.807) is 6.08 Å².